The maximum atomic E-state index is 12.9. The smallest absolute Gasteiger partial charge is 0.270 e. The molecular weight excluding hydrogens is 601 g/mol. The van der Waals surface area contributed by atoms with Crippen LogP contribution in [0.4, 0.5) is 11.4 Å². The topological polar surface area (TPSA) is 111 Å². The summed E-state index contributed by atoms with van der Waals surface area (Å²) in [5, 5.41) is 17.1. The zero-order chi connectivity index (χ0) is 30.3. The number of carbonyl (C=O) groups excluding carboxylic acids is 1. The Morgan fingerprint density at radius 1 is 0.953 bits per heavy atom. The monoisotopic (exact) mass is 625 g/mol. The number of benzene rings is 4. The molecule has 0 fully saturated rings. The summed E-state index contributed by atoms with van der Waals surface area (Å²) in [4.78, 5) is 32.9. The number of nitrogens with one attached hydrogen (secondary N) is 3. The van der Waals surface area contributed by atoms with Gasteiger partial charge in [-0.05, 0) is 66.1 Å². The zero-order valence-corrected chi connectivity index (χ0v) is 25.3. The van der Waals surface area contributed by atoms with Crippen molar-refractivity contribution in [1.82, 2.24) is 9.97 Å². The zero-order valence-electron chi connectivity index (χ0n) is 22.9. The second-order valence-electron chi connectivity index (χ2n) is 9.65. The molecule has 5 rings (SSSR count). The minimum absolute atomic E-state index is 0.0413. The number of aromatic nitrogens is 2. The molecule has 0 aliphatic heterocycles. The van der Waals surface area contributed by atoms with Gasteiger partial charge in [-0.3, -0.25) is 9.59 Å². The molecule has 7 nitrogen and oxygen atoms in total. The lowest BCUT2D eigenvalue weighted by Gasteiger charge is -2.11. The van der Waals surface area contributed by atoms with Crippen molar-refractivity contribution in [3.8, 4) is 17.3 Å². The Bertz CT molecular complexity index is 1920. The molecule has 43 heavy (non-hydrogen) atoms. The number of hydrogen-bond acceptors (Lipinski definition) is 6. The second kappa shape index (κ2) is 13.6. The number of para-hydroxylation sites is 1. The van der Waals surface area contributed by atoms with Gasteiger partial charge in [0, 0.05) is 34.8 Å². The Balaban J connectivity index is 1.31. The van der Waals surface area contributed by atoms with Crippen LogP contribution in [0.5, 0.6) is 0 Å². The number of nitrogens with zero attached hydrogens (tertiary/aromatic N) is 2. The van der Waals surface area contributed by atoms with E-state index in [-0.39, 0.29) is 11.5 Å². The van der Waals surface area contributed by atoms with Crippen LogP contribution in [0.25, 0.3) is 11.3 Å². The Morgan fingerprint density at radius 3 is 2.53 bits per heavy atom. The number of aryl methyl sites for hydroxylation is 1. The molecule has 3 N–H and O–H groups in total. The fourth-order valence-electron chi connectivity index (χ4n) is 4.36. The van der Waals surface area contributed by atoms with E-state index in [0.29, 0.717) is 50.0 Å². The predicted octanol–water partition coefficient (Wildman–Crippen LogP) is 8.08. The van der Waals surface area contributed by atoms with Gasteiger partial charge < -0.3 is 15.6 Å². The largest absolute Gasteiger partial charge is 0.381 e. The van der Waals surface area contributed by atoms with Crippen molar-refractivity contribution in [2.24, 2.45) is 0 Å². The molecule has 0 unspecified atom stereocenters. The Morgan fingerprint density at radius 2 is 1.74 bits per heavy atom. The summed E-state index contributed by atoms with van der Waals surface area (Å²) in [5.74, 6) is 0.146. The molecule has 1 amide bonds. The first-order chi connectivity index (χ1) is 20.8. The number of H-pyrrole nitrogens is 1. The molecule has 0 saturated carbocycles. The molecule has 1 heterocycles. The van der Waals surface area contributed by atoms with Crippen molar-refractivity contribution in [3.63, 3.8) is 0 Å². The Kier molecular flexibility index (Phi) is 9.48. The quantitative estimate of drug-likeness (QED) is 0.113. The molecule has 0 aliphatic carbocycles. The van der Waals surface area contributed by atoms with Gasteiger partial charge in [-0.25, -0.2) is 4.98 Å². The van der Waals surface area contributed by atoms with Gasteiger partial charge in [0.1, 0.15) is 11.6 Å². The molecule has 0 spiro atoms. The lowest BCUT2D eigenvalue weighted by atomic mass is 10.0. The summed E-state index contributed by atoms with van der Waals surface area (Å²) in [6.45, 7) is 2.62. The first-order valence-electron chi connectivity index (χ1n) is 13.2. The van der Waals surface area contributed by atoms with Gasteiger partial charge in [0.25, 0.3) is 11.5 Å². The van der Waals surface area contributed by atoms with E-state index in [4.69, 9.17) is 23.2 Å². The number of halogens is 2. The minimum atomic E-state index is -0.499. The summed E-state index contributed by atoms with van der Waals surface area (Å²) in [6.07, 6.45) is 0. The third kappa shape index (κ3) is 7.46. The van der Waals surface area contributed by atoms with E-state index in [0.717, 1.165) is 22.4 Å². The Hall–Kier alpha value is -4.55. The van der Waals surface area contributed by atoms with Crippen LogP contribution in [-0.2, 0) is 12.3 Å². The highest BCUT2D eigenvalue weighted by molar-refractivity contribution is 7.98. The summed E-state index contributed by atoms with van der Waals surface area (Å²) in [5.41, 5.74) is 5.52. The lowest BCUT2D eigenvalue weighted by molar-refractivity contribution is 0.102. The highest BCUT2D eigenvalue weighted by Gasteiger charge is 2.15. The second-order valence-corrected chi connectivity index (χ2v) is 11.4. The van der Waals surface area contributed by atoms with Crippen molar-refractivity contribution < 1.29 is 4.79 Å². The van der Waals surface area contributed by atoms with Crippen LogP contribution in [-0.4, -0.2) is 15.9 Å². The molecule has 0 atom stereocenters. The van der Waals surface area contributed by atoms with E-state index in [2.05, 4.69) is 20.6 Å². The number of anilines is 2. The molecule has 4 aromatic carbocycles. The average molecular weight is 627 g/mol. The van der Waals surface area contributed by atoms with Crippen LogP contribution < -0.4 is 16.2 Å². The van der Waals surface area contributed by atoms with E-state index in [1.54, 1.807) is 18.2 Å². The average Bonchev–Trinajstić information content (AvgIpc) is 3.01. The van der Waals surface area contributed by atoms with Gasteiger partial charge >= 0.3 is 0 Å². The van der Waals surface area contributed by atoms with Crippen LogP contribution in [0, 0.1) is 18.3 Å². The maximum Gasteiger partial charge on any atom is 0.270 e. The molecular formula is C33H25Cl2N5O2S. The molecule has 0 aliphatic rings. The highest BCUT2D eigenvalue weighted by atomic mass is 35.5. The van der Waals surface area contributed by atoms with Gasteiger partial charge in [-0.2, -0.15) is 5.26 Å². The molecule has 1 aromatic heterocycles. The maximum absolute atomic E-state index is 12.9. The SMILES string of the molecule is Cc1ccccc1NCc1cccc(-c2nc(SCc3cccc(NC(=O)c4ccc(Cl)c(Cl)c4)c3)[nH]c(=O)c2C#N)c1. The van der Waals surface area contributed by atoms with E-state index in [9.17, 15) is 14.9 Å². The number of aromatic amines is 1. The highest BCUT2D eigenvalue weighted by Crippen LogP contribution is 2.27. The molecule has 5 aromatic rings. The van der Waals surface area contributed by atoms with Crippen molar-refractivity contribution in [2.45, 2.75) is 24.4 Å². The standard InChI is InChI=1S/C33H25Cl2N5O2S/c1-20-6-2-3-11-29(20)37-18-21-7-4-9-23(14-21)30-26(17-36)32(42)40-33(39-30)43-19-22-8-5-10-25(15-22)38-31(41)24-12-13-27(34)28(35)16-24/h2-16,37H,18-19H2,1H3,(H,38,41)(H,39,40,42). The van der Waals surface area contributed by atoms with Crippen LogP contribution in [0.15, 0.2) is 101 Å². The molecule has 10 heteroatoms. The van der Waals surface area contributed by atoms with Crippen molar-refractivity contribution in [1.29, 1.82) is 5.26 Å². The van der Waals surface area contributed by atoms with Gasteiger partial charge in [0.15, 0.2) is 5.16 Å². The van der Waals surface area contributed by atoms with Crippen LogP contribution in [0.2, 0.25) is 10.0 Å². The van der Waals surface area contributed by atoms with E-state index >= 15 is 0 Å². The summed E-state index contributed by atoms with van der Waals surface area (Å²) < 4.78 is 0. The summed E-state index contributed by atoms with van der Waals surface area (Å²) in [7, 11) is 0. The lowest BCUT2D eigenvalue weighted by Crippen LogP contribution is -2.15. The molecule has 0 bridgehead atoms. The van der Waals surface area contributed by atoms with Crippen LogP contribution in [0.3, 0.4) is 0 Å². The molecule has 0 saturated heterocycles. The number of nitriles is 1. The fourth-order valence-corrected chi connectivity index (χ4v) is 5.46. The van der Waals surface area contributed by atoms with E-state index < -0.39 is 5.56 Å². The third-order valence-electron chi connectivity index (χ3n) is 6.58. The van der Waals surface area contributed by atoms with Crippen LogP contribution in [0.1, 0.15) is 32.6 Å². The number of amides is 1. The molecule has 0 radical (unpaired) electrons. The van der Waals surface area contributed by atoms with E-state index in [1.807, 2.05) is 79.7 Å². The first kappa shape index (κ1) is 29.9. The third-order valence-corrected chi connectivity index (χ3v) is 8.26. The van der Waals surface area contributed by atoms with Crippen molar-refractivity contribution >= 4 is 52.2 Å². The van der Waals surface area contributed by atoms with Gasteiger partial charge in [-0.1, -0.05) is 83.5 Å². The van der Waals surface area contributed by atoms with Gasteiger partial charge in [-0.15, -0.1) is 0 Å². The number of thioether (sulfide) groups is 1. The van der Waals surface area contributed by atoms with Gasteiger partial charge in [0.05, 0.1) is 15.7 Å². The fraction of sp³-hybridized carbons (Fsp3) is 0.0909. The first-order valence-corrected chi connectivity index (χ1v) is 15.0. The Labute approximate surface area is 262 Å². The number of rotatable bonds is 9. The minimum Gasteiger partial charge on any atom is -0.381 e. The summed E-state index contributed by atoms with van der Waals surface area (Å²) in [6, 6.07) is 29.7. The van der Waals surface area contributed by atoms with Crippen molar-refractivity contribution in [2.75, 3.05) is 10.6 Å². The molecule has 214 valence electrons. The predicted molar refractivity (Wildman–Crippen MR) is 174 cm³/mol. The van der Waals surface area contributed by atoms with E-state index in [1.165, 1.54) is 17.8 Å². The number of carbonyl (C=O) groups is 1. The van der Waals surface area contributed by atoms with Gasteiger partial charge in [0.2, 0.25) is 0 Å². The van der Waals surface area contributed by atoms with Crippen molar-refractivity contribution in [3.05, 3.63) is 139 Å². The summed E-state index contributed by atoms with van der Waals surface area (Å²) >= 11 is 13.3. The number of hydrogen-bond donors (Lipinski definition) is 3. The normalized spacial score (nSPS) is 10.7. The van der Waals surface area contributed by atoms with Crippen LogP contribution >= 0.6 is 35.0 Å².